The second-order valence-corrected chi connectivity index (χ2v) is 7.87. The summed E-state index contributed by atoms with van der Waals surface area (Å²) in [6, 6.07) is 24.0. The van der Waals surface area contributed by atoms with Gasteiger partial charge in [0, 0.05) is 15.9 Å². The molecule has 0 amide bonds. The summed E-state index contributed by atoms with van der Waals surface area (Å²) in [4.78, 5) is 10.5. The molecule has 4 heteroatoms. The number of rotatable bonds is 1. The molecule has 0 atom stereocenters. The monoisotopic (exact) mass is 308 g/mol. The molecule has 22 heavy (non-hydrogen) atoms. The van der Waals surface area contributed by atoms with Crippen LogP contribution in [0.15, 0.2) is 78.9 Å². The van der Waals surface area contributed by atoms with Crippen LogP contribution in [0.3, 0.4) is 0 Å². The van der Waals surface area contributed by atoms with E-state index in [9.17, 15) is 4.57 Å². The molecule has 3 nitrogen and oxygen atoms in total. The minimum Gasteiger partial charge on any atom is -0.309 e. The highest BCUT2D eigenvalue weighted by Crippen LogP contribution is 2.43. The predicted molar refractivity (Wildman–Crippen MR) is 87.1 cm³/mol. The van der Waals surface area contributed by atoms with Gasteiger partial charge >= 0.3 is 0 Å². The molecule has 7 rings (SSSR count). The molecule has 0 spiro atoms. The van der Waals surface area contributed by atoms with Crippen molar-refractivity contribution in [2.45, 2.75) is 0 Å². The summed E-state index contributed by atoms with van der Waals surface area (Å²) in [5.74, 6) is 1.15. The summed E-state index contributed by atoms with van der Waals surface area (Å²) in [6.45, 7) is 0. The van der Waals surface area contributed by atoms with E-state index >= 15 is 0 Å². The maximum atomic E-state index is 14.0. The van der Waals surface area contributed by atoms with Gasteiger partial charge in [0.25, 0.3) is 0 Å². The molecule has 0 saturated heterocycles. The van der Waals surface area contributed by atoms with Crippen LogP contribution in [0.2, 0.25) is 0 Å². The first-order valence-corrected chi connectivity index (χ1v) is 8.69. The lowest BCUT2D eigenvalue weighted by molar-refractivity contribution is -0.0999. The zero-order valence-electron chi connectivity index (χ0n) is 11.7. The van der Waals surface area contributed by atoms with Gasteiger partial charge in [-0.25, -0.2) is 0 Å². The van der Waals surface area contributed by atoms with Gasteiger partial charge in [-0.05, 0) is 48.5 Å². The van der Waals surface area contributed by atoms with Crippen LogP contribution in [0.5, 0.6) is 11.5 Å². The summed E-state index contributed by atoms with van der Waals surface area (Å²) in [7, 11) is -2.90. The average Bonchev–Trinajstić information content (AvgIpc) is 2.67. The first kappa shape index (κ1) is 13.2. The first-order valence-electron chi connectivity index (χ1n) is 6.98. The van der Waals surface area contributed by atoms with E-state index in [1.54, 1.807) is 24.3 Å². The number of hydrogen-bond acceptors (Lipinski definition) is 3. The van der Waals surface area contributed by atoms with Gasteiger partial charge in [-0.1, -0.05) is 30.3 Å². The second kappa shape index (κ2) is 5.04. The van der Waals surface area contributed by atoms with Crippen molar-refractivity contribution in [2.75, 3.05) is 0 Å². The second-order valence-electron chi connectivity index (χ2n) is 5.10. The molecule has 108 valence electrons. The standard InChI is InChI=1S/C18H13O3P/c19-22(16-4-2-1-3-5-16)17-10-6-14(7-11-17)20-21-15-8-12-18(22)13-9-15/h1-13H. The summed E-state index contributed by atoms with van der Waals surface area (Å²) in [5, 5.41) is 2.37. The van der Waals surface area contributed by atoms with Crippen molar-refractivity contribution < 1.29 is 14.3 Å². The SMILES string of the molecule is O=P1(c2ccccc2)c2ccc(cc2)OOc2ccc1cc2. The molecule has 0 aromatic heterocycles. The summed E-state index contributed by atoms with van der Waals surface area (Å²) >= 11 is 0. The van der Waals surface area contributed by atoms with E-state index in [-0.39, 0.29) is 0 Å². The van der Waals surface area contributed by atoms with Crippen LogP contribution < -0.4 is 25.7 Å². The lowest BCUT2D eigenvalue weighted by Crippen LogP contribution is -2.24. The van der Waals surface area contributed by atoms with Crippen LogP contribution in [-0.2, 0) is 4.57 Å². The van der Waals surface area contributed by atoms with E-state index in [0.717, 1.165) is 15.9 Å². The van der Waals surface area contributed by atoms with Gasteiger partial charge in [0.05, 0.1) is 0 Å². The Morgan fingerprint density at radius 1 is 0.545 bits per heavy atom. The number of benzene rings is 3. The summed E-state index contributed by atoms with van der Waals surface area (Å²) < 4.78 is 14.0. The zero-order chi connectivity index (χ0) is 15.0. The van der Waals surface area contributed by atoms with Gasteiger partial charge in [-0.2, -0.15) is 0 Å². The van der Waals surface area contributed by atoms with E-state index in [0.29, 0.717) is 11.5 Å². The molecule has 0 radical (unpaired) electrons. The van der Waals surface area contributed by atoms with Crippen molar-refractivity contribution in [2.24, 2.45) is 0 Å². The lowest BCUT2D eigenvalue weighted by Gasteiger charge is -2.19. The fraction of sp³-hybridized carbons (Fsp3) is 0. The Labute approximate surface area is 128 Å². The number of hydrogen-bond donors (Lipinski definition) is 0. The van der Waals surface area contributed by atoms with Crippen molar-refractivity contribution >= 4 is 23.1 Å². The minimum absolute atomic E-state index is 0.577. The van der Waals surface area contributed by atoms with Gasteiger partial charge in [-0.3, -0.25) is 9.78 Å². The molecule has 0 N–H and O–H groups in total. The van der Waals surface area contributed by atoms with Gasteiger partial charge < -0.3 is 4.57 Å². The maximum absolute atomic E-state index is 14.0. The van der Waals surface area contributed by atoms with E-state index < -0.39 is 7.14 Å². The molecule has 4 aliphatic rings. The summed E-state index contributed by atoms with van der Waals surface area (Å²) in [6.07, 6.45) is 0. The Morgan fingerprint density at radius 2 is 0.955 bits per heavy atom. The largest absolute Gasteiger partial charge is 0.309 e. The van der Waals surface area contributed by atoms with Crippen LogP contribution in [0.1, 0.15) is 0 Å². The smallest absolute Gasteiger partial charge is 0.178 e. The van der Waals surface area contributed by atoms with Gasteiger partial charge in [-0.15, -0.1) is 0 Å². The molecule has 4 aliphatic heterocycles. The highest BCUT2D eigenvalue weighted by Gasteiger charge is 2.30. The van der Waals surface area contributed by atoms with Crippen molar-refractivity contribution in [3.8, 4) is 11.5 Å². The molecule has 3 aromatic carbocycles. The molecule has 3 aromatic rings. The van der Waals surface area contributed by atoms with Crippen molar-refractivity contribution in [3.63, 3.8) is 0 Å². The molecule has 0 aliphatic carbocycles. The van der Waals surface area contributed by atoms with Gasteiger partial charge in [0.15, 0.2) is 18.6 Å². The third-order valence-electron chi connectivity index (χ3n) is 3.75. The Morgan fingerprint density at radius 3 is 1.41 bits per heavy atom. The Hall–Kier alpha value is -2.51. The van der Waals surface area contributed by atoms with Crippen molar-refractivity contribution in [1.29, 1.82) is 0 Å². The average molecular weight is 308 g/mol. The fourth-order valence-corrected chi connectivity index (χ4v) is 5.23. The lowest BCUT2D eigenvalue weighted by atomic mass is 10.3. The van der Waals surface area contributed by atoms with Gasteiger partial charge in [0.1, 0.15) is 0 Å². The highest BCUT2D eigenvalue weighted by molar-refractivity contribution is 7.85. The summed E-state index contributed by atoms with van der Waals surface area (Å²) in [5.41, 5.74) is 0. The van der Waals surface area contributed by atoms with Crippen molar-refractivity contribution in [3.05, 3.63) is 78.9 Å². The predicted octanol–water partition coefficient (Wildman–Crippen LogP) is 3.01. The van der Waals surface area contributed by atoms with E-state index in [1.807, 2.05) is 54.6 Å². The quantitative estimate of drug-likeness (QED) is 0.512. The normalized spacial score (nSPS) is 14.7. The van der Waals surface area contributed by atoms with Crippen LogP contribution in [0.4, 0.5) is 0 Å². The topological polar surface area (TPSA) is 35.5 Å². The van der Waals surface area contributed by atoms with E-state index in [1.165, 1.54) is 0 Å². The third-order valence-corrected chi connectivity index (χ3v) is 6.83. The Bertz CT molecular complexity index is 788. The van der Waals surface area contributed by atoms with Crippen molar-refractivity contribution in [1.82, 2.24) is 0 Å². The molecular formula is C18H13O3P. The van der Waals surface area contributed by atoms with Crippen LogP contribution in [0, 0.1) is 0 Å². The Kier molecular flexibility index (Phi) is 3.02. The molecule has 0 fully saturated rings. The van der Waals surface area contributed by atoms with Crippen LogP contribution in [0.25, 0.3) is 0 Å². The molecular weight excluding hydrogens is 295 g/mol. The first-order chi connectivity index (χ1) is 10.8. The maximum Gasteiger partial charge on any atom is 0.178 e. The highest BCUT2D eigenvalue weighted by atomic mass is 31.2. The minimum atomic E-state index is -2.90. The van der Waals surface area contributed by atoms with E-state index in [4.69, 9.17) is 9.78 Å². The molecule has 0 unspecified atom stereocenters. The third kappa shape index (κ3) is 2.02. The molecule has 4 bridgehead atoms. The van der Waals surface area contributed by atoms with Crippen LogP contribution in [-0.4, -0.2) is 0 Å². The van der Waals surface area contributed by atoms with E-state index in [2.05, 4.69) is 0 Å². The zero-order valence-corrected chi connectivity index (χ0v) is 12.6. The molecule has 0 saturated carbocycles. The Balaban J connectivity index is 2.03. The van der Waals surface area contributed by atoms with Crippen LogP contribution >= 0.6 is 7.14 Å². The fourth-order valence-electron chi connectivity index (χ4n) is 2.60. The molecule has 4 heterocycles. The van der Waals surface area contributed by atoms with Gasteiger partial charge in [0.2, 0.25) is 0 Å².